The van der Waals surface area contributed by atoms with Crippen LogP contribution in [0.3, 0.4) is 0 Å². The molecule has 1 atom stereocenters. The molecule has 0 spiro atoms. The molecule has 1 fully saturated rings. The maximum absolute atomic E-state index is 13.1. The van der Waals surface area contributed by atoms with Crippen LogP contribution in [-0.2, 0) is 0 Å². The molecule has 0 saturated heterocycles. The second kappa shape index (κ2) is 3.97. The summed E-state index contributed by atoms with van der Waals surface area (Å²) in [5, 5.41) is 7.44. The van der Waals surface area contributed by atoms with Crippen LogP contribution < -0.4 is 5.73 Å². The van der Waals surface area contributed by atoms with Crippen molar-refractivity contribution in [2.45, 2.75) is 26.2 Å². The molecule has 2 aromatic rings. The van der Waals surface area contributed by atoms with E-state index in [1.165, 1.54) is 12.1 Å². The third-order valence-corrected chi connectivity index (χ3v) is 4.20. The van der Waals surface area contributed by atoms with Gasteiger partial charge in [0.25, 0.3) is 0 Å². The largest absolute Gasteiger partial charge is 0.382 e. The van der Waals surface area contributed by atoms with Gasteiger partial charge in [0.2, 0.25) is 0 Å². The molecule has 19 heavy (non-hydrogen) atoms. The lowest BCUT2D eigenvalue weighted by Crippen LogP contribution is -1.95. The Morgan fingerprint density at radius 3 is 2.74 bits per heavy atom. The Kier molecular flexibility index (Phi) is 2.61. The summed E-state index contributed by atoms with van der Waals surface area (Å²) in [5.41, 5.74) is 8.72. The number of H-pyrrole nitrogens is 1. The van der Waals surface area contributed by atoms with Crippen molar-refractivity contribution in [3.05, 3.63) is 34.7 Å². The Morgan fingerprint density at radius 1 is 1.47 bits per heavy atom. The van der Waals surface area contributed by atoms with E-state index >= 15 is 0 Å². The van der Waals surface area contributed by atoms with E-state index in [0.29, 0.717) is 16.8 Å². The first-order valence-corrected chi connectivity index (χ1v) is 6.57. The molecule has 0 bridgehead atoms. The standard InChI is InChI=1S/C14H15ClFN3/c1-14(2)6-9(14)12-11(13(17)19-18-12)8-4-3-7(16)5-10(8)15/h3-5,9H,6H2,1-2H3,(H3,17,18,19). The van der Waals surface area contributed by atoms with E-state index in [9.17, 15) is 4.39 Å². The maximum Gasteiger partial charge on any atom is 0.153 e. The first-order chi connectivity index (χ1) is 8.90. The number of aromatic amines is 1. The molecule has 1 aliphatic carbocycles. The van der Waals surface area contributed by atoms with Crippen LogP contribution in [0.15, 0.2) is 18.2 Å². The molecule has 0 aliphatic heterocycles. The SMILES string of the molecule is CC1(C)CC1c1[nH]nc(N)c1-c1ccc(F)cc1Cl. The van der Waals surface area contributed by atoms with Gasteiger partial charge in [-0.25, -0.2) is 4.39 Å². The van der Waals surface area contributed by atoms with Gasteiger partial charge in [-0.1, -0.05) is 25.4 Å². The molecule has 1 aromatic carbocycles. The second-order valence-electron chi connectivity index (χ2n) is 5.77. The van der Waals surface area contributed by atoms with E-state index in [4.69, 9.17) is 17.3 Å². The number of nitrogens with one attached hydrogen (secondary N) is 1. The van der Waals surface area contributed by atoms with Crippen LogP contribution in [0.1, 0.15) is 31.9 Å². The van der Waals surface area contributed by atoms with Gasteiger partial charge in [-0.3, -0.25) is 5.10 Å². The lowest BCUT2D eigenvalue weighted by Gasteiger charge is -2.08. The molecule has 1 heterocycles. The monoisotopic (exact) mass is 279 g/mol. The summed E-state index contributed by atoms with van der Waals surface area (Å²) in [7, 11) is 0. The zero-order valence-electron chi connectivity index (χ0n) is 10.8. The molecular formula is C14H15ClFN3. The van der Waals surface area contributed by atoms with Crippen LogP contribution in [0.25, 0.3) is 11.1 Å². The summed E-state index contributed by atoms with van der Waals surface area (Å²) < 4.78 is 13.1. The smallest absolute Gasteiger partial charge is 0.153 e. The summed E-state index contributed by atoms with van der Waals surface area (Å²) >= 11 is 6.12. The van der Waals surface area contributed by atoms with Crippen molar-refractivity contribution in [2.75, 3.05) is 5.73 Å². The lowest BCUT2D eigenvalue weighted by molar-refractivity contribution is 0.615. The molecule has 1 unspecified atom stereocenters. The highest BCUT2D eigenvalue weighted by Crippen LogP contribution is 2.60. The van der Waals surface area contributed by atoms with Crippen LogP contribution in [0.4, 0.5) is 10.2 Å². The van der Waals surface area contributed by atoms with Gasteiger partial charge in [0.1, 0.15) is 5.82 Å². The van der Waals surface area contributed by atoms with Crippen molar-refractivity contribution in [1.29, 1.82) is 0 Å². The molecule has 1 aliphatic rings. The molecule has 3 N–H and O–H groups in total. The average Bonchev–Trinajstić information content (AvgIpc) is 2.78. The fourth-order valence-electron chi connectivity index (χ4n) is 2.56. The van der Waals surface area contributed by atoms with Crippen LogP contribution in [0.2, 0.25) is 5.02 Å². The summed E-state index contributed by atoms with van der Waals surface area (Å²) in [4.78, 5) is 0. The fourth-order valence-corrected chi connectivity index (χ4v) is 2.82. The van der Waals surface area contributed by atoms with Crippen molar-refractivity contribution in [3.63, 3.8) is 0 Å². The zero-order valence-corrected chi connectivity index (χ0v) is 11.6. The highest BCUT2D eigenvalue weighted by Gasteiger charge is 2.49. The van der Waals surface area contributed by atoms with E-state index in [1.807, 2.05) is 0 Å². The normalized spacial score (nSPS) is 20.5. The maximum atomic E-state index is 13.1. The minimum atomic E-state index is -0.357. The zero-order chi connectivity index (χ0) is 13.8. The molecule has 3 nitrogen and oxygen atoms in total. The van der Waals surface area contributed by atoms with E-state index < -0.39 is 0 Å². The molecule has 0 radical (unpaired) electrons. The number of halogens is 2. The number of benzene rings is 1. The van der Waals surface area contributed by atoms with Gasteiger partial charge in [0.05, 0.1) is 5.02 Å². The van der Waals surface area contributed by atoms with Gasteiger partial charge in [0, 0.05) is 22.7 Å². The number of rotatable bonds is 2. The van der Waals surface area contributed by atoms with Crippen LogP contribution >= 0.6 is 11.6 Å². The quantitative estimate of drug-likeness (QED) is 0.874. The van der Waals surface area contributed by atoms with Crippen LogP contribution in [-0.4, -0.2) is 10.2 Å². The summed E-state index contributed by atoms with van der Waals surface area (Å²) in [6.45, 7) is 4.40. The summed E-state index contributed by atoms with van der Waals surface area (Å²) in [5.74, 6) is 0.448. The number of aromatic nitrogens is 2. The minimum absolute atomic E-state index is 0.250. The predicted molar refractivity (Wildman–Crippen MR) is 74.5 cm³/mol. The Morgan fingerprint density at radius 2 is 2.16 bits per heavy atom. The van der Waals surface area contributed by atoms with Gasteiger partial charge < -0.3 is 5.73 Å². The predicted octanol–water partition coefficient (Wildman–Crippen LogP) is 3.96. The minimum Gasteiger partial charge on any atom is -0.382 e. The van der Waals surface area contributed by atoms with Crippen LogP contribution in [0.5, 0.6) is 0 Å². The van der Waals surface area contributed by atoms with Crippen LogP contribution in [0, 0.1) is 11.2 Å². The fraction of sp³-hybridized carbons (Fsp3) is 0.357. The van der Waals surface area contributed by atoms with Crippen molar-refractivity contribution in [2.24, 2.45) is 5.41 Å². The Bertz CT molecular complexity index is 648. The second-order valence-corrected chi connectivity index (χ2v) is 6.17. The average molecular weight is 280 g/mol. The number of nitrogens with two attached hydrogens (primary N) is 1. The number of anilines is 1. The highest BCUT2D eigenvalue weighted by atomic mass is 35.5. The van der Waals surface area contributed by atoms with E-state index in [1.54, 1.807) is 6.07 Å². The van der Waals surface area contributed by atoms with Crippen molar-refractivity contribution in [3.8, 4) is 11.1 Å². The molecule has 100 valence electrons. The number of nitrogens with zero attached hydrogens (tertiary/aromatic N) is 1. The first-order valence-electron chi connectivity index (χ1n) is 6.19. The number of nitrogen functional groups attached to an aromatic ring is 1. The third-order valence-electron chi connectivity index (χ3n) is 3.88. The van der Waals surface area contributed by atoms with Gasteiger partial charge in [-0.2, -0.15) is 5.10 Å². The summed E-state index contributed by atoms with van der Waals surface area (Å²) in [6.07, 6.45) is 1.08. The van der Waals surface area contributed by atoms with Crippen molar-refractivity contribution < 1.29 is 4.39 Å². The molecule has 1 aromatic heterocycles. The van der Waals surface area contributed by atoms with Gasteiger partial charge in [0.15, 0.2) is 5.82 Å². The Hall–Kier alpha value is -1.55. The molecule has 1 saturated carbocycles. The summed E-state index contributed by atoms with van der Waals surface area (Å²) in [6, 6.07) is 4.33. The lowest BCUT2D eigenvalue weighted by atomic mass is 9.99. The highest BCUT2D eigenvalue weighted by molar-refractivity contribution is 6.33. The van der Waals surface area contributed by atoms with E-state index in [0.717, 1.165) is 23.2 Å². The number of hydrogen-bond acceptors (Lipinski definition) is 2. The topological polar surface area (TPSA) is 54.7 Å². The van der Waals surface area contributed by atoms with Crippen molar-refractivity contribution in [1.82, 2.24) is 10.2 Å². The van der Waals surface area contributed by atoms with Crippen molar-refractivity contribution >= 4 is 17.4 Å². The molecule has 3 rings (SSSR count). The van der Waals surface area contributed by atoms with Gasteiger partial charge in [-0.05, 0) is 30.0 Å². The van der Waals surface area contributed by atoms with E-state index in [-0.39, 0.29) is 11.2 Å². The van der Waals surface area contributed by atoms with E-state index in [2.05, 4.69) is 24.0 Å². The Balaban J connectivity index is 2.12. The molecular weight excluding hydrogens is 265 g/mol. The van der Waals surface area contributed by atoms with Gasteiger partial charge >= 0.3 is 0 Å². The third kappa shape index (κ3) is 2.00. The Labute approximate surface area is 116 Å². The number of hydrogen-bond donors (Lipinski definition) is 2. The molecule has 5 heteroatoms. The van der Waals surface area contributed by atoms with Gasteiger partial charge in [-0.15, -0.1) is 0 Å². The first kappa shape index (κ1) is 12.5. The molecule has 0 amide bonds.